The summed E-state index contributed by atoms with van der Waals surface area (Å²) in [5, 5.41) is 4.48. The third-order valence-corrected chi connectivity index (χ3v) is 5.48. The van der Waals surface area contributed by atoms with Gasteiger partial charge < -0.3 is 9.80 Å². The Labute approximate surface area is 139 Å². The Kier molecular flexibility index (Phi) is 4.76. The smallest absolute Gasteiger partial charge is 0.222 e. The zero-order valence-electron chi connectivity index (χ0n) is 14.8. The first-order valence-corrected chi connectivity index (χ1v) is 8.99. The highest BCUT2D eigenvalue weighted by Crippen LogP contribution is 2.39. The van der Waals surface area contributed by atoms with Crippen LogP contribution in [0.4, 0.5) is 0 Å². The summed E-state index contributed by atoms with van der Waals surface area (Å²) in [7, 11) is 0. The van der Waals surface area contributed by atoms with Crippen molar-refractivity contribution in [3.8, 4) is 0 Å². The van der Waals surface area contributed by atoms with Crippen molar-refractivity contribution >= 4 is 5.91 Å². The summed E-state index contributed by atoms with van der Waals surface area (Å²) in [4.78, 5) is 16.8. The third kappa shape index (κ3) is 3.77. The average Bonchev–Trinajstić information content (AvgIpc) is 2.94. The highest BCUT2D eigenvalue weighted by molar-refractivity contribution is 5.77. The molecule has 2 fully saturated rings. The van der Waals surface area contributed by atoms with Crippen LogP contribution < -0.4 is 0 Å². The summed E-state index contributed by atoms with van der Waals surface area (Å²) in [5.41, 5.74) is 1.40. The van der Waals surface area contributed by atoms with E-state index in [1.165, 1.54) is 19.4 Å². The number of carbonyl (C=O) groups excluding carboxylic acids is 1. The van der Waals surface area contributed by atoms with E-state index in [1.54, 1.807) is 0 Å². The Morgan fingerprint density at radius 3 is 2.78 bits per heavy atom. The van der Waals surface area contributed by atoms with Crippen LogP contribution in [0.1, 0.15) is 45.2 Å². The van der Waals surface area contributed by atoms with Crippen molar-refractivity contribution < 1.29 is 4.79 Å². The number of carbonyl (C=O) groups is 1. The molecule has 0 bridgehead atoms. The molecule has 0 aliphatic carbocycles. The van der Waals surface area contributed by atoms with Crippen LogP contribution in [0.3, 0.4) is 0 Å². The van der Waals surface area contributed by atoms with E-state index in [9.17, 15) is 4.79 Å². The molecule has 0 unspecified atom stereocenters. The van der Waals surface area contributed by atoms with Gasteiger partial charge in [0.15, 0.2) is 0 Å². The lowest BCUT2D eigenvalue weighted by molar-refractivity contribution is -0.141. The molecule has 2 aliphatic rings. The molecule has 3 heterocycles. The molecule has 1 spiro atoms. The number of aromatic nitrogens is 2. The Bertz CT molecular complexity index is 553. The molecule has 1 amide bonds. The van der Waals surface area contributed by atoms with Crippen molar-refractivity contribution in [1.29, 1.82) is 0 Å². The fourth-order valence-electron chi connectivity index (χ4n) is 4.18. The monoisotopic (exact) mass is 318 g/mol. The fourth-order valence-corrected chi connectivity index (χ4v) is 4.18. The molecule has 1 atom stereocenters. The first-order chi connectivity index (χ1) is 11.0. The minimum absolute atomic E-state index is 0.316. The van der Waals surface area contributed by atoms with E-state index in [4.69, 9.17) is 0 Å². The number of nitrogens with zero attached hydrogens (tertiary/aromatic N) is 4. The van der Waals surface area contributed by atoms with E-state index in [2.05, 4.69) is 41.0 Å². The maximum absolute atomic E-state index is 12.2. The highest BCUT2D eigenvalue weighted by atomic mass is 16.2. The topological polar surface area (TPSA) is 41.4 Å². The Balaban J connectivity index is 1.60. The molecular weight excluding hydrogens is 288 g/mol. The first-order valence-electron chi connectivity index (χ1n) is 8.99. The molecule has 2 saturated heterocycles. The van der Waals surface area contributed by atoms with Crippen LogP contribution in [0.2, 0.25) is 0 Å². The minimum atomic E-state index is 0.316. The van der Waals surface area contributed by atoms with Crippen molar-refractivity contribution in [3.05, 3.63) is 18.0 Å². The predicted octanol–water partition coefficient (Wildman–Crippen LogP) is 2.30. The summed E-state index contributed by atoms with van der Waals surface area (Å²) >= 11 is 0. The number of hydrogen-bond donors (Lipinski definition) is 0. The van der Waals surface area contributed by atoms with Crippen molar-refractivity contribution in [2.24, 2.45) is 5.41 Å². The van der Waals surface area contributed by atoms with Crippen LogP contribution in [0.5, 0.6) is 0 Å². The van der Waals surface area contributed by atoms with Gasteiger partial charge >= 0.3 is 0 Å². The van der Waals surface area contributed by atoms with Crippen LogP contribution in [-0.2, 0) is 11.3 Å². The number of likely N-dealkylation sites (tertiary alicyclic amines) is 2. The molecule has 23 heavy (non-hydrogen) atoms. The van der Waals surface area contributed by atoms with Crippen molar-refractivity contribution in [2.75, 3.05) is 26.2 Å². The molecule has 3 rings (SSSR count). The second-order valence-corrected chi connectivity index (χ2v) is 7.72. The van der Waals surface area contributed by atoms with Crippen molar-refractivity contribution in [3.63, 3.8) is 0 Å². The van der Waals surface area contributed by atoms with Gasteiger partial charge in [0.05, 0.1) is 12.2 Å². The SMILES string of the molecule is Cc1ccn(CCN2CCC[C@]3(CCC(=O)N(C(C)C)C3)C2)n1. The van der Waals surface area contributed by atoms with Gasteiger partial charge in [0, 0.05) is 43.7 Å². The third-order valence-electron chi connectivity index (χ3n) is 5.48. The largest absolute Gasteiger partial charge is 0.340 e. The molecule has 0 saturated carbocycles. The van der Waals surface area contributed by atoms with Crippen LogP contribution in [0.25, 0.3) is 0 Å². The highest BCUT2D eigenvalue weighted by Gasteiger charge is 2.42. The molecule has 1 aromatic rings. The summed E-state index contributed by atoms with van der Waals surface area (Å²) in [6.07, 6.45) is 6.37. The van der Waals surface area contributed by atoms with E-state index in [0.717, 1.165) is 44.7 Å². The normalized spacial score (nSPS) is 26.4. The van der Waals surface area contributed by atoms with Crippen LogP contribution in [0, 0.1) is 12.3 Å². The second kappa shape index (κ2) is 6.63. The average molecular weight is 318 g/mol. The standard InChI is InChI=1S/C18H30N4O/c1-15(2)22-14-18(8-5-17(22)23)7-4-9-20(13-18)11-12-21-10-6-16(3)19-21/h6,10,15H,4-5,7-9,11-14H2,1-3H3/t18-/m0/s1. The number of rotatable bonds is 4. The first kappa shape index (κ1) is 16.5. The molecule has 5 nitrogen and oxygen atoms in total. The predicted molar refractivity (Wildman–Crippen MR) is 91.2 cm³/mol. The van der Waals surface area contributed by atoms with Gasteiger partial charge in [-0.25, -0.2) is 0 Å². The molecule has 128 valence electrons. The van der Waals surface area contributed by atoms with E-state index in [1.807, 2.05) is 11.6 Å². The van der Waals surface area contributed by atoms with E-state index >= 15 is 0 Å². The van der Waals surface area contributed by atoms with Crippen LogP contribution in [0.15, 0.2) is 12.3 Å². The van der Waals surface area contributed by atoms with Gasteiger partial charge in [-0.2, -0.15) is 5.10 Å². The fraction of sp³-hybridized carbons (Fsp3) is 0.778. The number of hydrogen-bond acceptors (Lipinski definition) is 3. The van der Waals surface area contributed by atoms with Gasteiger partial charge in [-0.3, -0.25) is 9.48 Å². The zero-order chi connectivity index (χ0) is 16.4. The maximum atomic E-state index is 12.2. The minimum Gasteiger partial charge on any atom is -0.340 e. The van der Waals surface area contributed by atoms with Gasteiger partial charge in [0.25, 0.3) is 0 Å². The lowest BCUT2D eigenvalue weighted by Gasteiger charge is -2.49. The molecule has 0 radical (unpaired) electrons. The summed E-state index contributed by atoms with van der Waals surface area (Å²) in [5.74, 6) is 0.342. The lowest BCUT2D eigenvalue weighted by Crippen LogP contribution is -2.55. The maximum Gasteiger partial charge on any atom is 0.222 e. The summed E-state index contributed by atoms with van der Waals surface area (Å²) in [6, 6.07) is 2.38. The van der Waals surface area contributed by atoms with Gasteiger partial charge in [-0.1, -0.05) is 0 Å². The Morgan fingerprint density at radius 2 is 2.09 bits per heavy atom. The summed E-state index contributed by atoms with van der Waals surface area (Å²) in [6.45, 7) is 11.6. The van der Waals surface area contributed by atoms with Crippen LogP contribution >= 0.6 is 0 Å². The molecule has 5 heteroatoms. The van der Waals surface area contributed by atoms with Gasteiger partial charge in [-0.15, -0.1) is 0 Å². The molecule has 1 aromatic heterocycles. The van der Waals surface area contributed by atoms with Crippen LogP contribution in [-0.4, -0.2) is 57.7 Å². The van der Waals surface area contributed by atoms with Crippen molar-refractivity contribution in [2.45, 2.75) is 59.0 Å². The molecular formula is C18H30N4O. The van der Waals surface area contributed by atoms with Crippen molar-refractivity contribution in [1.82, 2.24) is 19.6 Å². The Morgan fingerprint density at radius 1 is 1.26 bits per heavy atom. The quantitative estimate of drug-likeness (QED) is 0.855. The second-order valence-electron chi connectivity index (χ2n) is 7.72. The van der Waals surface area contributed by atoms with Gasteiger partial charge in [0.2, 0.25) is 5.91 Å². The number of piperidine rings is 2. The van der Waals surface area contributed by atoms with E-state index in [-0.39, 0.29) is 0 Å². The van der Waals surface area contributed by atoms with Gasteiger partial charge in [0.1, 0.15) is 0 Å². The number of amides is 1. The summed E-state index contributed by atoms with van der Waals surface area (Å²) < 4.78 is 2.04. The molecule has 0 N–H and O–H groups in total. The number of aryl methyl sites for hydroxylation is 1. The zero-order valence-corrected chi connectivity index (χ0v) is 14.8. The lowest BCUT2D eigenvalue weighted by atomic mass is 9.73. The molecule has 0 aromatic carbocycles. The Hall–Kier alpha value is -1.36. The van der Waals surface area contributed by atoms with E-state index in [0.29, 0.717) is 17.4 Å². The molecule has 2 aliphatic heterocycles. The van der Waals surface area contributed by atoms with E-state index < -0.39 is 0 Å². The van der Waals surface area contributed by atoms with Gasteiger partial charge in [-0.05, 0) is 52.6 Å².